The molecule has 0 unspecified atom stereocenters. The van der Waals surface area contributed by atoms with Crippen LogP contribution in [0.4, 0.5) is 0 Å². The first kappa shape index (κ1) is 20.4. The van der Waals surface area contributed by atoms with Crippen molar-refractivity contribution in [2.45, 2.75) is 7.59 Å². The molecule has 0 fully saturated rings. The van der Waals surface area contributed by atoms with Crippen molar-refractivity contribution >= 4 is 87.5 Å². The molecule has 0 aromatic carbocycles. The second-order valence-corrected chi connectivity index (χ2v) is 6.78. The van der Waals surface area contributed by atoms with Gasteiger partial charge in [-0.25, -0.2) is 14.4 Å². The molecule has 11 heteroatoms. The van der Waals surface area contributed by atoms with Crippen LogP contribution in [0.1, 0.15) is 0 Å². The molecule has 0 saturated heterocycles. The number of ether oxygens (including phenoxy) is 1. The third-order valence-corrected chi connectivity index (χ3v) is 1.75. The third-order valence-electron chi connectivity index (χ3n) is 0.823. The van der Waals surface area contributed by atoms with Crippen LogP contribution in [0.2, 0.25) is 0 Å². The van der Waals surface area contributed by atoms with E-state index in [1.165, 1.54) is 0 Å². The van der Waals surface area contributed by atoms with Gasteiger partial charge >= 0.3 is 17.9 Å². The van der Waals surface area contributed by atoms with Crippen molar-refractivity contribution in [2.24, 2.45) is 0 Å². The highest BCUT2D eigenvalue weighted by atomic mass is 35.6. The number of esters is 2. The van der Waals surface area contributed by atoms with Crippen LogP contribution in [0.25, 0.3) is 0 Å². The first-order chi connectivity index (χ1) is 7.82. The van der Waals surface area contributed by atoms with Crippen LogP contribution in [0.5, 0.6) is 0 Å². The lowest BCUT2D eigenvalue weighted by Crippen LogP contribution is -2.31. The van der Waals surface area contributed by atoms with Crippen molar-refractivity contribution < 1.29 is 24.2 Å². The summed E-state index contributed by atoms with van der Waals surface area (Å²) < 4.78 is -0.857. The van der Waals surface area contributed by atoms with Gasteiger partial charge in [0.1, 0.15) is 0 Å². The van der Waals surface area contributed by atoms with E-state index >= 15 is 0 Å². The van der Waals surface area contributed by atoms with Gasteiger partial charge < -0.3 is 9.84 Å². The zero-order chi connectivity index (χ0) is 15.1. The summed E-state index contributed by atoms with van der Waals surface area (Å²) in [6, 6.07) is 0. The number of carbonyl (C=O) groups excluding carboxylic acids is 2. The third kappa shape index (κ3) is 11.2. The van der Waals surface area contributed by atoms with Gasteiger partial charge in [0.25, 0.3) is 7.59 Å². The van der Waals surface area contributed by atoms with E-state index in [1.54, 1.807) is 0 Å². The molecule has 0 heterocycles. The second-order valence-electron chi connectivity index (χ2n) is 2.21. The van der Waals surface area contributed by atoms with Crippen molar-refractivity contribution in [3.8, 4) is 0 Å². The maximum atomic E-state index is 10.7. The number of aliphatic carboxylic acids is 1. The second kappa shape index (κ2) is 8.30. The molecule has 0 bridgehead atoms. The molecule has 0 aliphatic rings. The topological polar surface area (TPSA) is 80.7 Å². The normalized spacial score (nSPS) is 10.8. The van der Waals surface area contributed by atoms with E-state index in [-0.39, 0.29) is 0 Å². The maximum absolute atomic E-state index is 10.7. The molecule has 5 nitrogen and oxygen atoms in total. The maximum Gasteiger partial charge on any atom is 0.366 e. The van der Waals surface area contributed by atoms with Crippen LogP contribution >= 0.6 is 69.6 Å². The Kier molecular flexibility index (Phi) is 9.41. The van der Waals surface area contributed by atoms with Crippen LogP contribution in [0.3, 0.4) is 0 Å². The number of carboxylic acids is 1. The molecular formula is C7H4Cl6O5. The summed E-state index contributed by atoms with van der Waals surface area (Å²) in [5.74, 6) is -3.85. The van der Waals surface area contributed by atoms with E-state index in [4.69, 9.17) is 74.7 Å². The Balaban J connectivity index is 0. The molecule has 0 aliphatic heterocycles. The lowest BCUT2D eigenvalue weighted by Gasteiger charge is -2.12. The number of halogens is 6. The van der Waals surface area contributed by atoms with Gasteiger partial charge in [0.05, 0.1) is 0 Å². The lowest BCUT2D eigenvalue weighted by atomic mass is 10.7. The summed E-state index contributed by atoms with van der Waals surface area (Å²) in [5, 5.41) is 7.60. The van der Waals surface area contributed by atoms with Crippen LogP contribution in [-0.4, -0.2) is 30.6 Å². The van der Waals surface area contributed by atoms with Gasteiger partial charge in [-0.15, -0.1) is 0 Å². The summed E-state index contributed by atoms with van der Waals surface area (Å²) in [6.07, 6.45) is 0.833. The summed E-state index contributed by atoms with van der Waals surface area (Å²) >= 11 is 30.3. The minimum absolute atomic E-state index is 0.833. The number of carboxylic acid groups (broad SMARTS) is 1. The first-order valence-corrected chi connectivity index (χ1v) is 5.84. The highest BCUT2D eigenvalue weighted by Crippen LogP contribution is 2.31. The van der Waals surface area contributed by atoms with Crippen LogP contribution in [0.15, 0.2) is 12.7 Å². The van der Waals surface area contributed by atoms with E-state index in [0.29, 0.717) is 0 Å². The minimum atomic E-state index is -2.38. The molecule has 0 aliphatic carbocycles. The molecular weight excluding hydrogens is 377 g/mol. The lowest BCUT2D eigenvalue weighted by molar-refractivity contribution is -0.158. The summed E-state index contributed by atoms with van der Waals surface area (Å²) in [4.78, 5) is 30.7. The Morgan fingerprint density at radius 3 is 1.28 bits per heavy atom. The average Bonchev–Trinajstić information content (AvgIpc) is 2.15. The SMILES string of the molecule is C=CC(=O)O.O=C(OC(=O)C(Cl)(Cl)Cl)C(Cl)(Cl)Cl. The fraction of sp³-hybridized carbons (Fsp3) is 0.286. The van der Waals surface area contributed by atoms with Crippen LogP contribution in [-0.2, 0) is 19.1 Å². The predicted molar refractivity (Wildman–Crippen MR) is 69.5 cm³/mol. The monoisotopic (exact) mass is 378 g/mol. The summed E-state index contributed by atoms with van der Waals surface area (Å²) in [5.41, 5.74) is 0. The Morgan fingerprint density at radius 2 is 1.17 bits per heavy atom. The van der Waals surface area contributed by atoms with Crippen molar-refractivity contribution in [2.75, 3.05) is 0 Å². The molecule has 0 aromatic rings. The van der Waals surface area contributed by atoms with Gasteiger partial charge in [0, 0.05) is 6.08 Å². The molecule has 1 N–H and O–H groups in total. The quantitative estimate of drug-likeness (QED) is 0.327. The molecule has 104 valence electrons. The number of rotatable bonds is 1. The Bertz CT molecular complexity index is 317. The van der Waals surface area contributed by atoms with E-state index in [0.717, 1.165) is 6.08 Å². The number of hydrogen-bond donors (Lipinski definition) is 1. The number of carbonyl (C=O) groups is 3. The molecule has 0 radical (unpaired) electrons. The van der Waals surface area contributed by atoms with Gasteiger partial charge in [0.15, 0.2) is 0 Å². The van der Waals surface area contributed by atoms with Gasteiger partial charge in [0.2, 0.25) is 0 Å². The average molecular weight is 381 g/mol. The number of hydrogen-bond acceptors (Lipinski definition) is 4. The van der Waals surface area contributed by atoms with Crippen molar-refractivity contribution in [3.63, 3.8) is 0 Å². The van der Waals surface area contributed by atoms with Gasteiger partial charge in [-0.1, -0.05) is 76.2 Å². The standard InChI is InChI=1S/C4Cl6O3.C3H4O2/c5-3(6,7)1(11)13-2(12)4(8,9)10;1-2-3(4)5/h;2H,1H2,(H,4,5). The fourth-order valence-electron chi connectivity index (χ4n) is 0.200. The van der Waals surface area contributed by atoms with Crippen molar-refractivity contribution in [3.05, 3.63) is 12.7 Å². The first-order valence-electron chi connectivity index (χ1n) is 3.58. The summed E-state index contributed by atoms with van der Waals surface area (Å²) in [6.45, 7) is 2.96. The largest absolute Gasteiger partial charge is 0.478 e. The zero-order valence-electron chi connectivity index (χ0n) is 8.13. The van der Waals surface area contributed by atoms with Gasteiger partial charge in [-0.3, -0.25) is 0 Å². The van der Waals surface area contributed by atoms with Crippen LogP contribution < -0.4 is 0 Å². The Hall–Kier alpha value is 0.0900. The molecule has 18 heavy (non-hydrogen) atoms. The Labute approximate surface area is 131 Å². The van der Waals surface area contributed by atoms with E-state index < -0.39 is 25.5 Å². The predicted octanol–water partition coefficient (Wildman–Crippen LogP) is 3.05. The molecule has 0 spiro atoms. The van der Waals surface area contributed by atoms with Crippen molar-refractivity contribution in [1.29, 1.82) is 0 Å². The van der Waals surface area contributed by atoms with E-state index in [9.17, 15) is 14.4 Å². The highest BCUT2D eigenvalue weighted by Gasteiger charge is 2.40. The molecule has 0 amide bonds. The smallest absolute Gasteiger partial charge is 0.366 e. The molecule has 0 atom stereocenters. The molecule has 0 aromatic heterocycles. The van der Waals surface area contributed by atoms with Gasteiger partial charge in [-0.2, -0.15) is 0 Å². The van der Waals surface area contributed by atoms with Crippen molar-refractivity contribution in [1.82, 2.24) is 0 Å². The summed E-state index contributed by atoms with van der Waals surface area (Å²) in [7, 11) is 0. The number of alkyl halides is 6. The van der Waals surface area contributed by atoms with Gasteiger partial charge in [-0.05, 0) is 0 Å². The Morgan fingerprint density at radius 1 is 0.944 bits per heavy atom. The van der Waals surface area contributed by atoms with Crippen LogP contribution in [0, 0.1) is 0 Å². The fourth-order valence-corrected chi connectivity index (χ4v) is 0.431. The molecule has 0 saturated carbocycles. The zero-order valence-corrected chi connectivity index (χ0v) is 12.7. The minimum Gasteiger partial charge on any atom is -0.478 e. The van der Waals surface area contributed by atoms with E-state index in [2.05, 4.69) is 11.3 Å². The molecule has 0 rings (SSSR count). The van der Waals surface area contributed by atoms with E-state index in [1.807, 2.05) is 0 Å². The highest BCUT2D eigenvalue weighted by molar-refractivity contribution is 6.77.